The molecule has 0 spiro atoms. The van der Waals surface area contributed by atoms with E-state index >= 15 is 4.39 Å². The molecule has 2 heterocycles. The van der Waals surface area contributed by atoms with E-state index in [1.54, 1.807) is 26.2 Å². The van der Waals surface area contributed by atoms with Gasteiger partial charge < -0.3 is 14.8 Å². The third-order valence-electron chi connectivity index (χ3n) is 5.22. The van der Waals surface area contributed by atoms with Crippen molar-refractivity contribution in [3.8, 4) is 17.3 Å². The standard InChI is InChI=1S/C23H28FN5O4/c1-6-8-11-33-18-13-17(29-23(31)28(4)19(7-2)27-29)16(24)12-15(18)21(30)26-20-14(3)9-10-25-22(20)32-5/h9-10,12-13H,6-8,11H2,1-5H3,(H,26,30). The number of hydrogen-bond acceptors (Lipinski definition) is 6. The first kappa shape index (κ1) is 24.0. The Bertz CT molecular complexity index is 1220. The summed E-state index contributed by atoms with van der Waals surface area (Å²) in [6, 6.07) is 4.11. The zero-order valence-electron chi connectivity index (χ0n) is 19.4. The van der Waals surface area contributed by atoms with Crippen LogP contribution in [0.1, 0.15) is 48.4 Å². The number of halogens is 1. The number of carbonyl (C=O) groups excluding carboxylic acids is 1. The molecule has 0 bridgehead atoms. The highest BCUT2D eigenvalue weighted by Gasteiger charge is 2.22. The Balaban J connectivity index is 2.07. The van der Waals surface area contributed by atoms with Gasteiger partial charge in [0.1, 0.15) is 28.8 Å². The Morgan fingerprint density at radius 1 is 1.27 bits per heavy atom. The molecule has 0 aliphatic rings. The Labute approximate surface area is 191 Å². The Hall–Kier alpha value is -3.69. The van der Waals surface area contributed by atoms with Crippen LogP contribution < -0.4 is 20.5 Å². The predicted octanol–water partition coefficient (Wildman–Crippen LogP) is 3.42. The summed E-state index contributed by atoms with van der Waals surface area (Å²) in [5, 5.41) is 6.95. The smallest absolute Gasteiger partial charge is 0.350 e. The number of nitrogens with one attached hydrogen (secondary N) is 1. The van der Waals surface area contributed by atoms with Gasteiger partial charge in [-0.3, -0.25) is 9.36 Å². The second-order valence-corrected chi connectivity index (χ2v) is 7.49. The fraction of sp³-hybridized carbons (Fsp3) is 0.391. The molecule has 1 aromatic carbocycles. The SMILES string of the molecule is CCCCOc1cc(-n2nc(CC)n(C)c2=O)c(F)cc1C(=O)Nc1c(C)ccnc1OC. The molecule has 0 aliphatic carbocycles. The first-order valence-corrected chi connectivity index (χ1v) is 10.7. The van der Waals surface area contributed by atoms with Crippen LogP contribution in [-0.4, -0.2) is 39.0 Å². The number of anilines is 1. The van der Waals surface area contributed by atoms with Crippen molar-refractivity contribution in [3.05, 3.63) is 57.6 Å². The monoisotopic (exact) mass is 457 g/mol. The summed E-state index contributed by atoms with van der Waals surface area (Å²) in [5.74, 6) is -0.479. The number of benzene rings is 1. The molecule has 1 amide bonds. The van der Waals surface area contributed by atoms with Crippen molar-refractivity contribution in [2.75, 3.05) is 19.0 Å². The fourth-order valence-electron chi connectivity index (χ4n) is 3.29. The van der Waals surface area contributed by atoms with Crippen LogP contribution >= 0.6 is 0 Å². The summed E-state index contributed by atoms with van der Waals surface area (Å²) in [6.45, 7) is 5.98. The molecule has 1 N–H and O–H groups in total. The second-order valence-electron chi connectivity index (χ2n) is 7.49. The summed E-state index contributed by atoms with van der Waals surface area (Å²) >= 11 is 0. The van der Waals surface area contributed by atoms with E-state index in [0.717, 1.165) is 29.2 Å². The number of unbranched alkanes of at least 4 members (excludes halogenated alkanes) is 1. The molecule has 2 aromatic heterocycles. The molecular weight excluding hydrogens is 429 g/mol. The van der Waals surface area contributed by atoms with Gasteiger partial charge in [0.15, 0.2) is 0 Å². The molecule has 3 aromatic rings. The van der Waals surface area contributed by atoms with Crippen molar-refractivity contribution in [1.82, 2.24) is 19.3 Å². The van der Waals surface area contributed by atoms with Crippen LogP contribution in [0.4, 0.5) is 10.1 Å². The summed E-state index contributed by atoms with van der Waals surface area (Å²) in [6.07, 6.45) is 3.69. The normalized spacial score (nSPS) is 10.8. The maximum absolute atomic E-state index is 15.2. The lowest BCUT2D eigenvalue weighted by atomic mass is 10.1. The van der Waals surface area contributed by atoms with Crippen molar-refractivity contribution in [3.63, 3.8) is 0 Å². The molecule has 33 heavy (non-hydrogen) atoms. The summed E-state index contributed by atoms with van der Waals surface area (Å²) in [4.78, 5) is 29.8. The number of aryl methyl sites for hydroxylation is 2. The van der Waals surface area contributed by atoms with Gasteiger partial charge in [-0.1, -0.05) is 20.3 Å². The number of hydrogen-bond donors (Lipinski definition) is 1. The highest BCUT2D eigenvalue weighted by Crippen LogP contribution is 2.29. The largest absolute Gasteiger partial charge is 0.493 e. The number of ether oxygens (including phenoxy) is 2. The molecule has 0 atom stereocenters. The van der Waals surface area contributed by atoms with Gasteiger partial charge >= 0.3 is 5.69 Å². The van der Waals surface area contributed by atoms with Gasteiger partial charge in [0.25, 0.3) is 5.91 Å². The van der Waals surface area contributed by atoms with Crippen LogP contribution in [0.3, 0.4) is 0 Å². The maximum Gasteiger partial charge on any atom is 0.350 e. The molecule has 3 rings (SSSR count). The van der Waals surface area contributed by atoms with Gasteiger partial charge in [0.2, 0.25) is 5.88 Å². The summed E-state index contributed by atoms with van der Waals surface area (Å²) in [7, 11) is 3.02. The second kappa shape index (κ2) is 10.3. The minimum absolute atomic E-state index is 0.0163. The minimum Gasteiger partial charge on any atom is -0.493 e. The topological polar surface area (TPSA) is 100 Å². The number of methoxy groups -OCH3 is 1. The Morgan fingerprint density at radius 2 is 2.03 bits per heavy atom. The molecule has 0 radical (unpaired) electrons. The van der Waals surface area contributed by atoms with Gasteiger partial charge in [-0.2, -0.15) is 4.68 Å². The van der Waals surface area contributed by atoms with E-state index in [9.17, 15) is 9.59 Å². The molecule has 0 saturated carbocycles. The third kappa shape index (κ3) is 4.89. The number of carbonyl (C=O) groups is 1. The summed E-state index contributed by atoms with van der Waals surface area (Å²) < 4.78 is 28.6. The zero-order valence-corrected chi connectivity index (χ0v) is 19.4. The Morgan fingerprint density at radius 3 is 2.67 bits per heavy atom. The van der Waals surface area contributed by atoms with Crippen LogP contribution in [0.2, 0.25) is 0 Å². The quantitative estimate of drug-likeness (QED) is 0.494. The number of pyridine rings is 1. The van der Waals surface area contributed by atoms with Crippen molar-refractivity contribution in [1.29, 1.82) is 0 Å². The van der Waals surface area contributed by atoms with Crippen LogP contribution in [0, 0.1) is 12.7 Å². The van der Waals surface area contributed by atoms with Crippen molar-refractivity contribution < 1.29 is 18.7 Å². The molecule has 0 fully saturated rings. The molecule has 0 aliphatic heterocycles. The van der Waals surface area contributed by atoms with Gasteiger partial charge in [-0.25, -0.2) is 14.2 Å². The fourth-order valence-corrected chi connectivity index (χ4v) is 3.29. The van der Waals surface area contributed by atoms with Crippen LogP contribution in [0.25, 0.3) is 5.69 Å². The number of aromatic nitrogens is 4. The van der Waals surface area contributed by atoms with E-state index in [1.807, 2.05) is 13.8 Å². The van der Waals surface area contributed by atoms with Crippen molar-refractivity contribution in [2.45, 2.75) is 40.0 Å². The van der Waals surface area contributed by atoms with Crippen LogP contribution in [0.5, 0.6) is 11.6 Å². The zero-order chi connectivity index (χ0) is 24.1. The molecule has 176 valence electrons. The van der Waals surface area contributed by atoms with E-state index in [4.69, 9.17) is 9.47 Å². The van der Waals surface area contributed by atoms with Gasteiger partial charge in [-0.05, 0) is 31.0 Å². The average Bonchev–Trinajstić information content (AvgIpc) is 3.09. The number of amides is 1. The summed E-state index contributed by atoms with van der Waals surface area (Å²) in [5.41, 5.74) is 0.513. The van der Waals surface area contributed by atoms with Crippen LogP contribution in [-0.2, 0) is 13.5 Å². The molecule has 9 nitrogen and oxygen atoms in total. The molecule has 0 saturated heterocycles. The van der Waals surface area contributed by atoms with Gasteiger partial charge in [0.05, 0.1) is 19.3 Å². The lowest BCUT2D eigenvalue weighted by molar-refractivity contribution is 0.102. The number of rotatable bonds is 9. The van der Waals surface area contributed by atoms with E-state index in [1.165, 1.54) is 17.7 Å². The average molecular weight is 458 g/mol. The Kier molecular flexibility index (Phi) is 7.47. The molecule has 10 heteroatoms. The highest BCUT2D eigenvalue weighted by atomic mass is 19.1. The van der Waals surface area contributed by atoms with Crippen LogP contribution in [0.15, 0.2) is 29.2 Å². The van der Waals surface area contributed by atoms with E-state index < -0.39 is 17.4 Å². The predicted molar refractivity (Wildman–Crippen MR) is 122 cm³/mol. The first-order valence-electron chi connectivity index (χ1n) is 10.7. The molecular formula is C23H28FN5O4. The third-order valence-corrected chi connectivity index (χ3v) is 5.22. The van der Waals surface area contributed by atoms with E-state index in [2.05, 4.69) is 15.4 Å². The lowest BCUT2D eigenvalue weighted by Gasteiger charge is -2.16. The van der Waals surface area contributed by atoms with Gasteiger partial charge in [-0.15, -0.1) is 5.10 Å². The first-order chi connectivity index (χ1) is 15.8. The van der Waals surface area contributed by atoms with E-state index in [0.29, 0.717) is 24.5 Å². The lowest BCUT2D eigenvalue weighted by Crippen LogP contribution is -2.23. The van der Waals surface area contributed by atoms with Crippen molar-refractivity contribution >= 4 is 11.6 Å². The molecule has 0 unspecified atom stereocenters. The number of nitrogens with zero attached hydrogens (tertiary/aromatic N) is 4. The minimum atomic E-state index is -0.777. The highest BCUT2D eigenvalue weighted by molar-refractivity contribution is 6.07. The van der Waals surface area contributed by atoms with Gasteiger partial charge in [0, 0.05) is 25.7 Å². The maximum atomic E-state index is 15.2. The van der Waals surface area contributed by atoms with E-state index in [-0.39, 0.29) is 22.9 Å². The van der Waals surface area contributed by atoms with Crippen molar-refractivity contribution in [2.24, 2.45) is 7.05 Å².